The number of carbonyl (C=O) groups excluding carboxylic acids is 2. The summed E-state index contributed by atoms with van der Waals surface area (Å²) in [6.45, 7) is 6.61. The third-order valence-corrected chi connectivity index (χ3v) is 6.03. The molecular formula is C32H37NO5. The van der Waals surface area contributed by atoms with Crippen molar-refractivity contribution in [3.63, 3.8) is 0 Å². The van der Waals surface area contributed by atoms with E-state index in [1.54, 1.807) is 36.4 Å². The van der Waals surface area contributed by atoms with E-state index in [0.29, 0.717) is 24.5 Å². The van der Waals surface area contributed by atoms with Gasteiger partial charge in [-0.05, 0) is 79.4 Å². The van der Waals surface area contributed by atoms with Crippen LogP contribution >= 0.6 is 0 Å². The summed E-state index contributed by atoms with van der Waals surface area (Å²) in [5.41, 5.74) is 3.56. The highest BCUT2D eigenvalue weighted by Crippen LogP contribution is 2.22. The standard InChI is InChI=1S/C32H37NO5/c1-3-11-25-12-21-30(33-24-25)26-13-19-29(20-14-26)38-32(35)27-15-17-28(18-16-27)36-22-9-7-5-6-8-10-23-37-31(34)4-2/h4,12-21,24H,2-3,5-11,22-23H2,1H3. The van der Waals surface area contributed by atoms with Crippen LogP contribution in [-0.2, 0) is 16.0 Å². The molecule has 6 nitrogen and oxygen atoms in total. The lowest BCUT2D eigenvalue weighted by Gasteiger charge is -2.08. The quantitative estimate of drug-likeness (QED) is 0.0858. The van der Waals surface area contributed by atoms with Crippen molar-refractivity contribution in [1.82, 2.24) is 4.98 Å². The number of aryl methyl sites for hydroxylation is 1. The van der Waals surface area contributed by atoms with Crippen molar-refractivity contribution in [2.24, 2.45) is 0 Å². The van der Waals surface area contributed by atoms with Crippen LogP contribution in [0.25, 0.3) is 11.3 Å². The van der Waals surface area contributed by atoms with Crippen molar-refractivity contribution >= 4 is 11.9 Å². The number of carbonyl (C=O) groups is 2. The van der Waals surface area contributed by atoms with Gasteiger partial charge in [0.15, 0.2) is 0 Å². The number of unbranched alkanes of at least 4 members (excludes halogenated alkanes) is 5. The van der Waals surface area contributed by atoms with E-state index in [2.05, 4.69) is 24.6 Å². The zero-order valence-corrected chi connectivity index (χ0v) is 22.2. The van der Waals surface area contributed by atoms with Crippen LogP contribution in [0.2, 0.25) is 0 Å². The van der Waals surface area contributed by atoms with Crippen molar-refractivity contribution in [2.75, 3.05) is 13.2 Å². The van der Waals surface area contributed by atoms with E-state index in [1.165, 1.54) is 11.6 Å². The normalized spacial score (nSPS) is 10.6. The second-order valence-corrected chi connectivity index (χ2v) is 9.08. The lowest BCUT2D eigenvalue weighted by Crippen LogP contribution is -2.08. The molecule has 0 atom stereocenters. The van der Waals surface area contributed by atoms with Crippen LogP contribution in [0.15, 0.2) is 79.5 Å². The van der Waals surface area contributed by atoms with Crippen molar-refractivity contribution in [2.45, 2.75) is 58.3 Å². The lowest BCUT2D eigenvalue weighted by atomic mass is 10.1. The summed E-state index contributed by atoms with van der Waals surface area (Å²) in [4.78, 5) is 28.0. The number of benzene rings is 2. The van der Waals surface area contributed by atoms with Gasteiger partial charge in [-0.3, -0.25) is 4.98 Å². The first-order chi connectivity index (χ1) is 18.6. The molecule has 0 aliphatic rings. The summed E-state index contributed by atoms with van der Waals surface area (Å²) in [5, 5.41) is 0. The molecule has 3 rings (SSSR count). The predicted molar refractivity (Wildman–Crippen MR) is 149 cm³/mol. The van der Waals surface area contributed by atoms with E-state index < -0.39 is 5.97 Å². The molecule has 0 bridgehead atoms. The van der Waals surface area contributed by atoms with Crippen molar-refractivity contribution in [3.05, 3.63) is 90.6 Å². The fourth-order valence-electron chi connectivity index (χ4n) is 3.91. The van der Waals surface area contributed by atoms with Gasteiger partial charge in [-0.2, -0.15) is 0 Å². The van der Waals surface area contributed by atoms with Crippen molar-refractivity contribution in [1.29, 1.82) is 0 Å². The largest absolute Gasteiger partial charge is 0.494 e. The van der Waals surface area contributed by atoms with E-state index in [9.17, 15) is 9.59 Å². The van der Waals surface area contributed by atoms with Crippen LogP contribution in [0.5, 0.6) is 11.5 Å². The average Bonchev–Trinajstić information content (AvgIpc) is 2.95. The van der Waals surface area contributed by atoms with Gasteiger partial charge in [-0.1, -0.05) is 51.7 Å². The Morgan fingerprint density at radius 1 is 0.816 bits per heavy atom. The molecule has 0 radical (unpaired) electrons. The molecule has 6 heteroatoms. The number of hydrogen-bond acceptors (Lipinski definition) is 6. The molecule has 0 unspecified atom stereocenters. The minimum absolute atomic E-state index is 0.362. The SMILES string of the molecule is C=CC(=O)OCCCCCCCCOc1ccc(C(=O)Oc2ccc(-c3ccc(CCC)cn3)cc2)cc1. The lowest BCUT2D eigenvalue weighted by molar-refractivity contribution is -0.137. The molecule has 0 saturated heterocycles. The smallest absolute Gasteiger partial charge is 0.343 e. The van der Waals surface area contributed by atoms with Gasteiger partial charge in [0.1, 0.15) is 11.5 Å². The molecule has 0 aliphatic carbocycles. The molecule has 0 amide bonds. The van der Waals surface area contributed by atoms with Gasteiger partial charge in [0.25, 0.3) is 0 Å². The Morgan fingerprint density at radius 2 is 1.47 bits per heavy atom. The predicted octanol–water partition coefficient (Wildman–Crippen LogP) is 7.37. The molecule has 200 valence electrons. The second-order valence-electron chi connectivity index (χ2n) is 9.08. The summed E-state index contributed by atoms with van der Waals surface area (Å²) in [7, 11) is 0. The van der Waals surface area contributed by atoms with Gasteiger partial charge in [0.2, 0.25) is 0 Å². The minimum Gasteiger partial charge on any atom is -0.494 e. The average molecular weight is 516 g/mol. The van der Waals surface area contributed by atoms with Crippen LogP contribution < -0.4 is 9.47 Å². The number of hydrogen-bond donors (Lipinski definition) is 0. The van der Waals surface area contributed by atoms with Gasteiger partial charge in [0.05, 0.1) is 24.5 Å². The molecule has 0 saturated carbocycles. The highest BCUT2D eigenvalue weighted by atomic mass is 16.5. The zero-order chi connectivity index (χ0) is 27.0. The molecule has 1 heterocycles. The molecule has 0 N–H and O–H groups in total. The third kappa shape index (κ3) is 9.85. The highest BCUT2D eigenvalue weighted by Gasteiger charge is 2.10. The maximum Gasteiger partial charge on any atom is 0.343 e. The van der Waals surface area contributed by atoms with Crippen LogP contribution in [0.1, 0.15) is 67.8 Å². The van der Waals surface area contributed by atoms with Gasteiger partial charge in [0, 0.05) is 17.8 Å². The Kier molecular flexibility index (Phi) is 12.1. The maximum absolute atomic E-state index is 12.6. The summed E-state index contributed by atoms with van der Waals surface area (Å²) < 4.78 is 16.3. The molecule has 2 aromatic carbocycles. The fraction of sp³-hybridized carbons (Fsp3) is 0.344. The Balaban J connectivity index is 1.34. The van der Waals surface area contributed by atoms with Gasteiger partial charge >= 0.3 is 11.9 Å². The van der Waals surface area contributed by atoms with E-state index in [1.807, 2.05) is 24.4 Å². The molecule has 3 aromatic rings. The first-order valence-corrected chi connectivity index (χ1v) is 13.4. The molecule has 0 aliphatic heterocycles. The zero-order valence-electron chi connectivity index (χ0n) is 22.2. The minimum atomic E-state index is -0.411. The van der Waals surface area contributed by atoms with E-state index in [0.717, 1.165) is 68.4 Å². The summed E-state index contributed by atoms with van der Waals surface area (Å²) in [6.07, 6.45) is 11.4. The van der Waals surface area contributed by atoms with Gasteiger partial charge in [-0.15, -0.1) is 0 Å². The van der Waals surface area contributed by atoms with Crippen LogP contribution in [0.3, 0.4) is 0 Å². The highest BCUT2D eigenvalue weighted by molar-refractivity contribution is 5.91. The van der Waals surface area contributed by atoms with Crippen LogP contribution in [0.4, 0.5) is 0 Å². The van der Waals surface area contributed by atoms with Gasteiger partial charge in [-0.25, -0.2) is 9.59 Å². The van der Waals surface area contributed by atoms with E-state index >= 15 is 0 Å². The van der Waals surface area contributed by atoms with Crippen LogP contribution in [-0.4, -0.2) is 30.1 Å². The molecule has 1 aromatic heterocycles. The molecular weight excluding hydrogens is 478 g/mol. The van der Waals surface area contributed by atoms with Gasteiger partial charge < -0.3 is 14.2 Å². The third-order valence-electron chi connectivity index (χ3n) is 6.03. The van der Waals surface area contributed by atoms with Crippen LogP contribution in [0, 0.1) is 0 Å². The number of rotatable bonds is 16. The van der Waals surface area contributed by atoms with Crippen molar-refractivity contribution in [3.8, 4) is 22.8 Å². The number of aromatic nitrogens is 1. The summed E-state index contributed by atoms with van der Waals surface area (Å²) in [5.74, 6) is 0.442. The summed E-state index contributed by atoms with van der Waals surface area (Å²) in [6, 6.07) is 18.5. The summed E-state index contributed by atoms with van der Waals surface area (Å²) >= 11 is 0. The first-order valence-electron chi connectivity index (χ1n) is 13.4. The number of esters is 2. The fourth-order valence-corrected chi connectivity index (χ4v) is 3.91. The van der Waals surface area contributed by atoms with Crippen molar-refractivity contribution < 1.29 is 23.8 Å². The number of ether oxygens (including phenoxy) is 3. The molecule has 0 fully saturated rings. The molecule has 0 spiro atoms. The number of nitrogens with zero attached hydrogens (tertiary/aromatic N) is 1. The first kappa shape index (κ1) is 28.6. The van der Waals surface area contributed by atoms with E-state index in [4.69, 9.17) is 14.2 Å². The Labute approximate surface area is 225 Å². The Bertz CT molecular complexity index is 1140. The Hall–Kier alpha value is -3.93. The Morgan fingerprint density at radius 3 is 2.11 bits per heavy atom. The molecule has 38 heavy (non-hydrogen) atoms. The topological polar surface area (TPSA) is 74.7 Å². The monoisotopic (exact) mass is 515 g/mol. The second kappa shape index (κ2) is 16.0. The maximum atomic E-state index is 12.6. The van der Waals surface area contributed by atoms with E-state index in [-0.39, 0.29) is 5.97 Å². The number of pyridine rings is 1.